The van der Waals surface area contributed by atoms with E-state index in [-0.39, 0.29) is 0 Å². The van der Waals surface area contributed by atoms with Gasteiger partial charge in [-0.25, -0.2) is 0 Å². The summed E-state index contributed by atoms with van der Waals surface area (Å²) in [4.78, 5) is 0. The standard InChI is InChI=1S/C13H17N/c1-8-6-7-9(2)13-12(8)10(3)11(4)14(13)5/h6-7H,1-5H3. The Labute approximate surface area is 85.4 Å². The van der Waals surface area contributed by atoms with Crippen LogP contribution >= 0.6 is 0 Å². The van der Waals surface area contributed by atoms with E-state index in [1.807, 2.05) is 0 Å². The van der Waals surface area contributed by atoms with Gasteiger partial charge in [-0.3, -0.25) is 0 Å². The van der Waals surface area contributed by atoms with Crippen molar-refractivity contribution in [1.29, 1.82) is 0 Å². The summed E-state index contributed by atoms with van der Waals surface area (Å²) in [5.74, 6) is 0. The van der Waals surface area contributed by atoms with E-state index in [2.05, 4.69) is 51.4 Å². The molecule has 1 aromatic carbocycles. The monoisotopic (exact) mass is 187 g/mol. The highest BCUT2D eigenvalue weighted by Crippen LogP contribution is 2.29. The Morgan fingerprint density at radius 2 is 1.50 bits per heavy atom. The van der Waals surface area contributed by atoms with Crippen molar-refractivity contribution in [2.24, 2.45) is 7.05 Å². The molecule has 0 aliphatic carbocycles. The molecule has 1 heterocycles. The van der Waals surface area contributed by atoms with E-state index in [4.69, 9.17) is 0 Å². The van der Waals surface area contributed by atoms with Crippen LogP contribution in [0.5, 0.6) is 0 Å². The summed E-state index contributed by atoms with van der Waals surface area (Å²) in [6.07, 6.45) is 0. The minimum atomic E-state index is 1.37. The number of nitrogens with zero attached hydrogens (tertiary/aromatic N) is 1. The molecule has 0 saturated carbocycles. The molecule has 0 atom stereocenters. The van der Waals surface area contributed by atoms with Crippen LogP contribution in [-0.2, 0) is 7.05 Å². The first-order valence-corrected chi connectivity index (χ1v) is 5.06. The summed E-state index contributed by atoms with van der Waals surface area (Å²) < 4.78 is 2.30. The van der Waals surface area contributed by atoms with Crippen molar-refractivity contribution >= 4 is 10.9 Å². The van der Waals surface area contributed by atoms with Gasteiger partial charge in [0.05, 0.1) is 5.52 Å². The van der Waals surface area contributed by atoms with Gasteiger partial charge in [0, 0.05) is 18.1 Å². The van der Waals surface area contributed by atoms with Crippen LogP contribution in [0.4, 0.5) is 0 Å². The van der Waals surface area contributed by atoms with Crippen LogP contribution in [-0.4, -0.2) is 4.57 Å². The molecule has 0 radical (unpaired) electrons. The van der Waals surface area contributed by atoms with Gasteiger partial charge < -0.3 is 4.57 Å². The molecule has 74 valence electrons. The summed E-state index contributed by atoms with van der Waals surface area (Å²) in [5, 5.41) is 1.44. The molecule has 0 spiro atoms. The maximum Gasteiger partial charge on any atom is 0.0514 e. The quantitative estimate of drug-likeness (QED) is 0.595. The van der Waals surface area contributed by atoms with E-state index in [1.165, 1.54) is 33.3 Å². The Balaban J connectivity index is 3.08. The van der Waals surface area contributed by atoms with Crippen LogP contribution in [0, 0.1) is 27.7 Å². The van der Waals surface area contributed by atoms with Crippen LogP contribution in [0.2, 0.25) is 0 Å². The van der Waals surface area contributed by atoms with Gasteiger partial charge in [-0.15, -0.1) is 0 Å². The van der Waals surface area contributed by atoms with Gasteiger partial charge in [0.2, 0.25) is 0 Å². The average molecular weight is 187 g/mol. The van der Waals surface area contributed by atoms with E-state index >= 15 is 0 Å². The van der Waals surface area contributed by atoms with Crippen molar-refractivity contribution < 1.29 is 0 Å². The fourth-order valence-corrected chi connectivity index (χ4v) is 2.30. The van der Waals surface area contributed by atoms with Gasteiger partial charge in [-0.1, -0.05) is 12.1 Å². The molecule has 2 aromatic rings. The van der Waals surface area contributed by atoms with Gasteiger partial charge in [-0.05, 0) is 44.4 Å². The minimum absolute atomic E-state index is 1.37. The molecule has 0 bridgehead atoms. The summed E-state index contributed by atoms with van der Waals surface area (Å²) >= 11 is 0. The maximum atomic E-state index is 2.30. The fraction of sp³-hybridized carbons (Fsp3) is 0.385. The zero-order chi connectivity index (χ0) is 10.5. The molecule has 0 aliphatic rings. The Morgan fingerprint density at radius 3 is 2.07 bits per heavy atom. The Hall–Kier alpha value is -1.24. The average Bonchev–Trinajstić information content (AvgIpc) is 2.38. The second-order valence-corrected chi connectivity index (χ2v) is 4.19. The molecular weight excluding hydrogens is 170 g/mol. The highest BCUT2D eigenvalue weighted by Gasteiger charge is 2.11. The molecule has 0 amide bonds. The number of hydrogen-bond donors (Lipinski definition) is 0. The summed E-state index contributed by atoms with van der Waals surface area (Å²) in [6, 6.07) is 4.42. The van der Waals surface area contributed by atoms with Crippen molar-refractivity contribution in [1.82, 2.24) is 4.57 Å². The zero-order valence-corrected chi connectivity index (χ0v) is 9.60. The minimum Gasteiger partial charge on any atom is -0.347 e. The topological polar surface area (TPSA) is 4.93 Å². The molecule has 14 heavy (non-hydrogen) atoms. The normalized spacial score (nSPS) is 11.2. The highest BCUT2D eigenvalue weighted by atomic mass is 14.9. The summed E-state index contributed by atoms with van der Waals surface area (Å²) in [7, 11) is 2.15. The molecule has 0 saturated heterocycles. The van der Waals surface area contributed by atoms with Gasteiger partial charge in [0.1, 0.15) is 0 Å². The third-order valence-corrected chi connectivity index (χ3v) is 3.34. The van der Waals surface area contributed by atoms with Gasteiger partial charge in [0.25, 0.3) is 0 Å². The lowest BCUT2D eigenvalue weighted by molar-refractivity contribution is 0.907. The first-order chi connectivity index (χ1) is 6.54. The number of hydrogen-bond acceptors (Lipinski definition) is 0. The van der Waals surface area contributed by atoms with E-state index in [0.717, 1.165) is 0 Å². The van der Waals surface area contributed by atoms with Crippen molar-refractivity contribution in [3.05, 3.63) is 34.5 Å². The zero-order valence-electron chi connectivity index (χ0n) is 9.60. The second kappa shape index (κ2) is 2.88. The number of aryl methyl sites for hydroxylation is 4. The molecule has 1 nitrogen and oxygen atoms in total. The van der Waals surface area contributed by atoms with E-state index in [9.17, 15) is 0 Å². The fourth-order valence-electron chi connectivity index (χ4n) is 2.30. The molecular formula is C13H17N. The Morgan fingerprint density at radius 1 is 0.929 bits per heavy atom. The number of aromatic nitrogens is 1. The van der Waals surface area contributed by atoms with Crippen LogP contribution in [0.1, 0.15) is 22.4 Å². The molecule has 0 fully saturated rings. The SMILES string of the molecule is Cc1ccc(C)c2c1c(C)c(C)n2C. The lowest BCUT2D eigenvalue weighted by Crippen LogP contribution is -1.92. The lowest BCUT2D eigenvalue weighted by atomic mass is 10.0. The van der Waals surface area contributed by atoms with Crippen molar-refractivity contribution in [2.75, 3.05) is 0 Å². The van der Waals surface area contributed by atoms with Crippen molar-refractivity contribution in [3.8, 4) is 0 Å². The van der Waals surface area contributed by atoms with Gasteiger partial charge in [-0.2, -0.15) is 0 Å². The van der Waals surface area contributed by atoms with E-state index < -0.39 is 0 Å². The van der Waals surface area contributed by atoms with Crippen LogP contribution in [0.15, 0.2) is 12.1 Å². The molecule has 2 rings (SSSR count). The van der Waals surface area contributed by atoms with Crippen molar-refractivity contribution in [2.45, 2.75) is 27.7 Å². The Kier molecular flexibility index (Phi) is 1.91. The maximum absolute atomic E-state index is 2.30. The molecule has 0 unspecified atom stereocenters. The molecule has 0 N–H and O–H groups in total. The van der Waals surface area contributed by atoms with Gasteiger partial charge in [0.15, 0.2) is 0 Å². The van der Waals surface area contributed by atoms with Crippen LogP contribution in [0.3, 0.4) is 0 Å². The van der Waals surface area contributed by atoms with Gasteiger partial charge >= 0.3 is 0 Å². The summed E-state index contributed by atoms with van der Waals surface area (Å²) in [5.41, 5.74) is 6.93. The van der Waals surface area contributed by atoms with Crippen LogP contribution in [0.25, 0.3) is 10.9 Å². The Bertz CT molecular complexity index is 459. The first-order valence-electron chi connectivity index (χ1n) is 5.06. The van der Waals surface area contributed by atoms with Crippen molar-refractivity contribution in [3.63, 3.8) is 0 Å². The second-order valence-electron chi connectivity index (χ2n) is 4.19. The molecule has 0 aliphatic heterocycles. The number of rotatable bonds is 0. The number of benzene rings is 1. The summed E-state index contributed by atoms with van der Waals surface area (Å²) in [6.45, 7) is 8.77. The van der Waals surface area contributed by atoms with E-state index in [0.29, 0.717) is 0 Å². The highest BCUT2D eigenvalue weighted by molar-refractivity contribution is 5.90. The molecule has 1 heteroatoms. The lowest BCUT2D eigenvalue weighted by Gasteiger charge is -2.03. The predicted molar refractivity (Wildman–Crippen MR) is 61.9 cm³/mol. The largest absolute Gasteiger partial charge is 0.347 e. The van der Waals surface area contributed by atoms with Crippen LogP contribution < -0.4 is 0 Å². The van der Waals surface area contributed by atoms with E-state index in [1.54, 1.807) is 0 Å². The smallest absolute Gasteiger partial charge is 0.0514 e. The predicted octanol–water partition coefficient (Wildman–Crippen LogP) is 3.41. The first kappa shape index (κ1) is 9.32. The molecule has 1 aromatic heterocycles. The third kappa shape index (κ3) is 1.02. The third-order valence-electron chi connectivity index (χ3n) is 3.34. The number of fused-ring (bicyclic) bond motifs is 1.